The summed E-state index contributed by atoms with van der Waals surface area (Å²) < 4.78 is 5.21. The smallest absolute Gasteiger partial charge is 0.231 e. The second kappa shape index (κ2) is 5.40. The van der Waals surface area contributed by atoms with Gasteiger partial charge in [-0.3, -0.25) is 4.79 Å². The molecule has 0 radical (unpaired) electrons. The Bertz CT molecular complexity index is 445. The standard InChI is InChI=1S/C14H20N2O2/c1-10(9-15-2)14(17)16-7-6-11-8-12(18-3)4-5-13(11)16/h4-5,8,10,15H,6-7,9H2,1-3H3. The van der Waals surface area contributed by atoms with Crippen molar-refractivity contribution in [1.29, 1.82) is 0 Å². The minimum Gasteiger partial charge on any atom is -0.497 e. The number of carbonyl (C=O) groups is 1. The van der Waals surface area contributed by atoms with Crippen LogP contribution >= 0.6 is 0 Å². The number of amides is 1. The van der Waals surface area contributed by atoms with E-state index >= 15 is 0 Å². The van der Waals surface area contributed by atoms with Crippen molar-refractivity contribution in [2.75, 3.05) is 32.1 Å². The van der Waals surface area contributed by atoms with E-state index < -0.39 is 0 Å². The monoisotopic (exact) mass is 248 g/mol. The average Bonchev–Trinajstić information content (AvgIpc) is 2.80. The molecule has 18 heavy (non-hydrogen) atoms. The van der Waals surface area contributed by atoms with Crippen molar-refractivity contribution >= 4 is 11.6 Å². The number of hydrogen-bond acceptors (Lipinski definition) is 3. The average molecular weight is 248 g/mol. The topological polar surface area (TPSA) is 41.6 Å². The summed E-state index contributed by atoms with van der Waals surface area (Å²) in [7, 11) is 3.53. The maximum Gasteiger partial charge on any atom is 0.231 e. The SMILES string of the molecule is CNCC(C)C(=O)N1CCc2cc(OC)ccc21. The third-order valence-corrected chi connectivity index (χ3v) is 3.38. The number of rotatable bonds is 4. The Balaban J connectivity index is 2.18. The molecule has 1 aliphatic rings. The Morgan fingerprint density at radius 3 is 3.00 bits per heavy atom. The molecule has 0 bridgehead atoms. The first-order valence-corrected chi connectivity index (χ1v) is 6.30. The first-order valence-electron chi connectivity index (χ1n) is 6.30. The van der Waals surface area contributed by atoms with Crippen LogP contribution < -0.4 is 15.0 Å². The summed E-state index contributed by atoms with van der Waals surface area (Å²) >= 11 is 0. The molecule has 0 fully saturated rings. The summed E-state index contributed by atoms with van der Waals surface area (Å²) in [6.45, 7) is 3.44. The van der Waals surface area contributed by atoms with Gasteiger partial charge in [0.15, 0.2) is 0 Å². The molecular formula is C14H20N2O2. The highest BCUT2D eigenvalue weighted by Crippen LogP contribution is 2.32. The number of fused-ring (bicyclic) bond motifs is 1. The quantitative estimate of drug-likeness (QED) is 0.876. The maximum absolute atomic E-state index is 12.3. The van der Waals surface area contributed by atoms with Crippen LogP contribution in [0.15, 0.2) is 18.2 Å². The first-order chi connectivity index (χ1) is 8.67. The van der Waals surface area contributed by atoms with E-state index in [2.05, 4.69) is 5.32 Å². The van der Waals surface area contributed by atoms with Gasteiger partial charge in [-0.2, -0.15) is 0 Å². The molecule has 4 nitrogen and oxygen atoms in total. The first kappa shape index (κ1) is 12.9. The van der Waals surface area contributed by atoms with Gasteiger partial charge in [-0.25, -0.2) is 0 Å². The third kappa shape index (κ3) is 2.34. The van der Waals surface area contributed by atoms with Crippen molar-refractivity contribution in [2.24, 2.45) is 5.92 Å². The van der Waals surface area contributed by atoms with Crippen LogP contribution in [-0.4, -0.2) is 33.2 Å². The maximum atomic E-state index is 12.3. The molecule has 1 aromatic carbocycles. The fourth-order valence-electron chi connectivity index (χ4n) is 2.39. The zero-order valence-corrected chi connectivity index (χ0v) is 11.2. The Hall–Kier alpha value is -1.55. The predicted octanol–water partition coefficient (Wildman–Crippen LogP) is 1.44. The summed E-state index contributed by atoms with van der Waals surface area (Å²) in [4.78, 5) is 14.2. The number of methoxy groups -OCH3 is 1. The van der Waals surface area contributed by atoms with E-state index in [0.29, 0.717) is 6.54 Å². The molecule has 1 amide bonds. The number of nitrogens with one attached hydrogen (secondary N) is 1. The van der Waals surface area contributed by atoms with Crippen LogP contribution in [0.4, 0.5) is 5.69 Å². The molecule has 0 saturated heterocycles. The summed E-state index contributed by atoms with van der Waals surface area (Å²) in [5.41, 5.74) is 2.23. The zero-order valence-electron chi connectivity index (χ0n) is 11.2. The molecule has 1 unspecified atom stereocenters. The van der Waals surface area contributed by atoms with E-state index in [1.54, 1.807) is 7.11 Å². The van der Waals surface area contributed by atoms with Gasteiger partial charge in [0, 0.05) is 24.7 Å². The number of ether oxygens (including phenoxy) is 1. The van der Waals surface area contributed by atoms with Gasteiger partial charge < -0.3 is 15.0 Å². The van der Waals surface area contributed by atoms with Crippen molar-refractivity contribution in [2.45, 2.75) is 13.3 Å². The van der Waals surface area contributed by atoms with E-state index in [-0.39, 0.29) is 11.8 Å². The van der Waals surface area contributed by atoms with Crippen molar-refractivity contribution in [3.63, 3.8) is 0 Å². The van der Waals surface area contributed by atoms with Crippen LogP contribution in [0.25, 0.3) is 0 Å². The Morgan fingerprint density at radius 1 is 1.56 bits per heavy atom. The number of carbonyl (C=O) groups excluding carboxylic acids is 1. The van der Waals surface area contributed by atoms with E-state index in [0.717, 1.165) is 24.4 Å². The van der Waals surface area contributed by atoms with Crippen molar-refractivity contribution < 1.29 is 9.53 Å². The van der Waals surface area contributed by atoms with E-state index in [1.807, 2.05) is 37.1 Å². The van der Waals surface area contributed by atoms with E-state index in [1.165, 1.54) is 5.56 Å². The lowest BCUT2D eigenvalue weighted by atomic mass is 10.1. The molecule has 0 aliphatic carbocycles. The highest BCUT2D eigenvalue weighted by molar-refractivity contribution is 5.97. The highest BCUT2D eigenvalue weighted by Gasteiger charge is 2.27. The van der Waals surface area contributed by atoms with Crippen LogP contribution in [0.3, 0.4) is 0 Å². The van der Waals surface area contributed by atoms with Gasteiger partial charge in [-0.05, 0) is 37.2 Å². The Morgan fingerprint density at radius 2 is 2.33 bits per heavy atom. The molecule has 4 heteroatoms. The molecular weight excluding hydrogens is 228 g/mol. The molecule has 0 aromatic heterocycles. The summed E-state index contributed by atoms with van der Waals surface area (Å²) in [5.74, 6) is 1.04. The summed E-state index contributed by atoms with van der Waals surface area (Å²) in [6.07, 6.45) is 0.907. The van der Waals surface area contributed by atoms with Crippen molar-refractivity contribution in [3.05, 3.63) is 23.8 Å². The molecule has 1 aliphatic heterocycles. The van der Waals surface area contributed by atoms with Gasteiger partial charge in [0.25, 0.3) is 0 Å². The third-order valence-electron chi connectivity index (χ3n) is 3.38. The lowest BCUT2D eigenvalue weighted by Crippen LogP contribution is -2.37. The minimum absolute atomic E-state index is 0.00283. The number of benzene rings is 1. The van der Waals surface area contributed by atoms with Crippen molar-refractivity contribution in [1.82, 2.24) is 5.32 Å². The lowest BCUT2D eigenvalue weighted by Gasteiger charge is -2.21. The molecule has 1 atom stereocenters. The molecule has 1 N–H and O–H groups in total. The van der Waals surface area contributed by atoms with Crippen LogP contribution in [0.2, 0.25) is 0 Å². The fourth-order valence-corrected chi connectivity index (χ4v) is 2.39. The van der Waals surface area contributed by atoms with Gasteiger partial charge in [-0.15, -0.1) is 0 Å². The highest BCUT2D eigenvalue weighted by atomic mass is 16.5. The normalized spacial score (nSPS) is 15.4. The largest absolute Gasteiger partial charge is 0.497 e. The van der Waals surface area contributed by atoms with Crippen LogP contribution in [-0.2, 0) is 11.2 Å². The van der Waals surface area contributed by atoms with Crippen LogP contribution in [0, 0.1) is 5.92 Å². The van der Waals surface area contributed by atoms with Gasteiger partial charge in [0.05, 0.1) is 7.11 Å². The summed E-state index contributed by atoms with van der Waals surface area (Å²) in [5, 5.41) is 3.05. The molecule has 0 spiro atoms. The molecule has 0 saturated carbocycles. The zero-order chi connectivity index (χ0) is 13.1. The van der Waals surface area contributed by atoms with E-state index in [4.69, 9.17) is 4.74 Å². The molecule has 2 rings (SSSR count). The van der Waals surface area contributed by atoms with Gasteiger partial charge in [-0.1, -0.05) is 6.92 Å². The second-order valence-corrected chi connectivity index (χ2v) is 4.69. The fraction of sp³-hybridized carbons (Fsp3) is 0.500. The Labute approximate surface area is 108 Å². The minimum atomic E-state index is 0.00283. The lowest BCUT2D eigenvalue weighted by molar-refractivity contribution is -0.121. The molecule has 1 heterocycles. The molecule has 98 valence electrons. The van der Waals surface area contributed by atoms with Crippen LogP contribution in [0.1, 0.15) is 12.5 Å². The van der Waals surface area contributed by atoms with Crippen molar-refractivity contribution in [3.8, 4) is 5.75 Å². The van der Waals surface area contributed by atoms with Gasteiger partial charge in [0.1, 0.15) is 5.75 Å². The number of nitrogens with zero attached hydrogens (tertiary/aromatic N) is 1. The second-order valence-electron chi connectivity index (χ2n) is 4.69. The van der Waals surface area contributed by atoms with Gasteiger partial charge >= 0.3 is 0 Å². The molecule has 1 aromatic rings. The van der Waals surface area contributed by atoms with Crippen LogP contribution in [0.5, 0.6) is 5.75 Å². The van der Waals surface area contributed by atoms with E-state index in [9.17, 15) is 4.79 Å². The predicted molar refractivity (Wildman–Crippen MR) is 72.1 cm³/mol. The number of anilines is 1. The summed E-state index contributed by atoms with van der Waals surface area (Å²) in [6, 6.07) is 5.91. The Kier molecular flexibility index (Phi) is 3.87. The number of hydrogen-bond donors (Lipinski definition) is 1. The van der Waals surface area contributed by atoms with Gasteiger partial charge in [0.2, 0.25) is 5.91 Å².